The van der Waals surface area contributed by atoms with Gasteiger partial charge < -0.3 is 21.7 Å². The van der Waals surface area contributed by atoms with Crippen molar-refractivity contribution in [2.75, 3.05) is 29.5 Å². The third-order valence-electron chi connectivity index (χ3n) is 5.13. The van der Waals surface area contributed by atoms with Crippen molar-refractivity contribution >= 4 is 23.2 Å². The second-order valence-electron chi connectivity index (χ2n) is 7.29. The van der Waals surface area contributed by atoms with E-state index in [0.717, 1.165) is 25.7 Å². The number of rotatable bonds is 3. The maximum absolute atomic E-state index is 13.6. The zero-order valence-electron chi connectivity index (χ0n) is 14.4. The molecule has 0 aromatic carbocycles. The smallest absolute Gasteiger partial charge is 0.266 e. The van der Waals surface area contributed by atoms with Gasteiger partial charge in [-0.25, -0.2) is 13.8 Å². The van der Waals surface area contributed by atoms with E-state index in [9.17, 15) is 13.6 Å². The SMILES string of the molecule is C[C@H]1CC[C@H](NC(=O)c2cc(N)c(N)nc2N2CCC(F)(F)C2)CC1. The summed E-state index contributed by atoms with van der Waals surface area (Å²) < 4.78 is 27.2. The van der Waals surface area contributed by atoms with Crippen molar-refractivity contribution < 1.29 is 13.6 Å². The molecule has 0 bridgehead atoms. The number of carbonyl (C=O) groups excluding carboxylic acids is 1. The minimum absolute atomic E-state index is 0.0493. The van der Waals surface area contributed by atoms with E-state index < -0.39 is 12.5 Å². The van der Waals surface area contributed by atoms with E-state index >= 15 is 0 Å². The fourth-order valence-electron chi connectivity index (χ4n) is 3.53. The Hall–Kier alpha value is -2.12. The molecule has 1 amide bonds. The van der Waals surface area contributed by atoms with Gasteiger partial charge in [0.25, 0.3) is 11.8 Å². The lowest BCUT2D eigenvalue weighted by Crippen LogP contribution is -2.38. The van der Waals surface area contributed by atoms with Gasteiger partial charge in [0.05, 0.1) is 17.8 Å². The number of nitrogens with zero attached hydrogens (tertiary/aromatic N) is 2. The molecule has 0 unspecified atom stereocenters. The Morgan fingerprint density at radius 1 is 1.32 bits per heavy atom. The highest BCUT2D eigenvalue weighted by molar-refractivity contribution is 6.00. The van der Waals surface area contributed by atoms with Crippen LogP contribution in [0.3, 0.4) is 0 Å². The van der Waals surface area contributed by atoms with Crippen LogP contribution in [0.15, 0.2) is 6.07 Å². The molecular weight excluding hydrogens is 328 g/mol. The Labute approximate surface area is 146 Å². The van der Waals surface area contributed by atoms with Crippen molar-refractivity contribution in [1.82, 2.24) is 10.3 Å². The van der Waals surface area contributed by atoms with Crippen LogP contribution in [0, 0.1) is 5.92 Å². The Morgan fingerprint density at radius 2 is 2.00 bits per heavy atom. The second kappa shape index (κ2) is 6.65. The molecule has 2 fully saturated rings. The normalized spacial score (nSPS) is 25.8. The number of amides is 1. The molecule has 1 aliphatic carbocycles. The Morgan fingerprint density at radius 3 is 2.60 bits per heavy atom. The van der Waals surface area contributed by atoms with Crippen molar-refractivity contribution in [1.29, 1.82) is 0 Å². The number of pyridine rings is 1. The minimum Gasteiger partial charge on any atom is -0.396 e. The highest BCUT2D eigenvalue weighted by Gasteiger charge is 2.40. The maximum atomic E-state index is 13.6. The average Bonchev–Trinajstić information content (AvgIpc) is 2.91. The number of hydrogen-bond acceptors (Lipinski definition) is 5. The van der Waals surface area contributed by atoms with Crippen molar-refractivity contribution in [2.45, 2.75) is 51.0 Å². The quantitative estimate of drug-likeness (QED) is 0.775. The summed E-state index contributed by atoms with van der Waals surface area (Å²) in [6.45, 7) is 1.86. The largest absolute Gasteiger partial charge is 0.396 e. The molecular formula is C17H25F2N5O. The summed E-state index contributed by atoms with van der Waals surface area (Å²) in [6, 6.07) is 1.53. The summed E-state index contributed by atoms with van der Waals surface area (Å²) in [5.41, 5.74) is 11.9. The van der Waals surface area contributed by atoms with Gasteiger partial charge in [0, 0.05) is 19.0 Å². The predicted molar refractivity (Wildman–Crippen MR) is 93.7 cm³/mol. The summed E-state index contributed by atoms with van der Waals surface area (Å²) in [4.78, 5) is 18.3. The second-order valence-corrected chi connectivity index (χ2v) is 7.29. The lowest BCUT2D eigenvalue weighted by molar-refractivity contribution is 0.0256. The Kier molecular flexibility index (Phi) is 4.71. The van der Waals surface area contributed by atoms with E-state index in [1.807, 2.05) is 0 Å². The summed E-state index contributed by atoms with van der Waals surface area (Å²) in [6.07, 6.45) is 3.71. The third-order valence-corrected chi connectivity index (χ3v) is 5.13. The molecule has 1 aromatic rings. The fraction of sp³-hybridized carbons (Fsp3) is 0.647. The van der Waals surface area contributed by atoms with E-state index in [1.54, 1.807) is 0 Å². The Balaban J connectivity index is 1.82. The molecule has 0 atom stereocenters. The van der Waals surface area contributed by atoms with Gasteiger partial charge in [-0.3, -0.25) is 4.79 Å². The van der Waals surface area contributed by atoms with Crippen LogP contribution in [0.5, 0.6) is 0 Å². The first kappa shape index (κ1) is 17.7. The monoisotopic (exact) mass is 353 g/mol. The number of nitrogen functional groups attached to an aromatic ring is 2. The molecule has 6 nitrogen and oxygen atoms in total. The van der Waals surface area contributed by atoms with E-state index in [1.165, 1.54) is 11.0 Å². The van der Waals surface area contributed by atoms with Crippen LogP contribution in [-0.2, 0) is 0 Å². The Bertz CT molecular complexity index is 659. The lowest BCUT2D eigenvalue weighted by Gasteiger charge is -2.28. The predicted octanol–water partition coefficient (Wildman–Crippen LogP) is 2.40. The average molecular weight is 353 g/mol. The third kappa shape index (κ3) is 3.93. The number of nitrogens with two attached hydrogens (primary N) is 2. The fourth-order valence-corrected chi connectivity index (χ4v) is 3.53. The van der Waals surface area contributed by atoms with Crippen LogP contribution in [-0.4, -0.2) is 35.9 Å². The van der Waals surface area contributed by atoms with E-state index in [-0.39, 0.29) is 47.8 Å². The number of hydrogen-bond donors (Lipinski definition) is 3. The van der Waals surface area contributed by atoms with Gasteiger partial charge in [-0.05, 0) is 37.7 Å². The van der Waals surface area contributed by atoms with Crippen LogP contribution >= 0.6 is 0 Å². The van der Waals surface area contributed by atoms with Crippen LogP contribution < -0.4 is 21.7 Å². The molecule has 8 heteroatoms. The molecule has 138 valence electrons. The molecule has 1 saturated heterocycles. The summed E-state index contributed by atoms with van der Waals surface area (Å²) >= 11 is 0. The van der Waals surface area contributed by atoms with Gasteiger partial charge in [0.15, 0.2) is 0 Å². The maximum Gasteiger partial charge on any atom is 0.266 e. The number of halogens is 2. The standard InChI is InChI=1S/C17H25F2N5O/c1-10-2-4-11(5-3-10)22-16(25)12-8-13(20)14(21)23-15(12)24-7-6-17(18,19)9-24/h8,10-11H,2-7,9,20H2,1H3,(H2,21,23)(H,22,25)/t10-,11-. The van der Waals surface area contributed by atoms with Crippen molar-refractivity contribution in [3.63, 3.8) is 0 Å². The van der Waals surface area contributed by atoms with Crippen LogP contribution in [0.1, 0.15) is 49.4 Å². The van der Waals surface area contributed by atoms with Gasteiger partial charge in [-0.15, -0.1) is 0 Å². The topological polar surface area (TPSA) is 97.3 Å². The molecule has 2 heterocycles. The summed E-state index contributed by atoms with van der Waals surface area (Å²) in [5, 5.41) is 3.00. The van der Waals surface area contributed by atoms with Gasteiger partial charge in [-0.1, -0.05) is 6.92 Å². The minimum atomic E-state index is -2.79. The number of nitrogens with one attached hydrogen (secondary N) is 1. The van der Waals surface area contributed by atoms with E-state index in [0.29, 0.717) is 5.92 Å². The van der Waals surface area contributed by atoms with E-state index in [2.05, 4.69) is 17.2 Å². The first-order chi connectivity index (χ1) is 11.7. The van der Waals surface area contributed by atoms with Gasteiger partial charge in [-0.2, -0.15) is 0 Å². The van der Waals surface area contributed by atoms with Crippen LogP contribution in [0.2, 0.25) is 0 Å². The molecule has 3 rings (SSSR count). The molecule has 1 aromatic heterocycles. The first-order valence-corrected chi connectivity index (χ1v) is 8.75. The summed E-state index contributed by atoms with van der Waals surface area (Å²) in [7, 11) is 0. The number of alkyl halides is 2. The molecule has 1 saturated carbocycles. The van der Waals surface area contributed by atoms with Crippen LogP contribution in [0.4, 0.5) is 26.1 Å². The highest BCUT2D eigenvalue weighted by Crippen LogP contribution is 2.33. The zero-order chi connectivity index (χ0) is 18.2. The van der Waals surface area contributed by atoms with E-state index in [4.69, 9.17) is 11.5 Å². The van der Waals surface area contributed by atoms with Crippen molar-refractivity contribution in [3.05, 3.63) is 11.6 Å². The molecule has 0 radical (unpaired) electrons. The molecule has 5 N–H and O–H groups in total. The molecule has 1 aliphatic heterocycles. The van der Waals surface area contributed by atoms with Gasteiger partial charge >= 0.3 is 0 Å². The highest BCUT2D eigenvalue weighted by atomic mass is 19.3. The van der Waals surface area contributed by atoms with Gasteiger partial charge in [0.1, 0.15) is 11.6 Å². The van der Waals surface area contributed by atoms with Gasteiger partial charge in [0.2, 0.25) is 0 Å². The van der Waals surface area contributed by atoms with Crippen LogP contribution in [0.25, 0.3) is 0 Å². The molecule has 25 heavy (non-hydrogen) atoms. The number of carbonyl (C=O) groups is 1. The number of anilines is 3. The van der Waals surface area contributed by atoms with Crippen molar-refractivity contribution in [3.8, 4) is 0 Å². The lowest BCUT2D eigenvalue weighted by atomic mass is 9.87. The molecule has 2 aliphatic rings. The number of aromatic nitrogens is 1. The molecule has 0 spiro atoms. The first-order valence-electron chi connectivity index (χ1n) is 8.75. The van der Waals surface area contributed by atoms with Crippen molar-refractivity contribution in [2.24, 2.45) is 5.92 Å². The zero-order valence-corrected chi connectivity index (χ0v) is 14.4. The summed E-state index contributed by atoms with van der Waals surface area (Å²) in [5.74, 6) is -2.21.